The molecular weight excluding hydrogens is 254 g/mol. The Bertz CT molecular complexity index is 394. The van der Waals surface area contributed by atoms with Crippen LogP contribution in [-0.2, 0) is 15.6 Å². The number of carbonyl (C=O) groups is 1. The fourth-order valence-electron chi connectivity index (χ4n) is 2.86. The van der Waals surface area contributed by atoms with Crippen molar-refractivity contribution in [1.82, 2.24) is 4.90 Å². The summed E-state index contributed by atoms with van der Waals surface area (Å²) in [7, 11) is -0.812. The van der Waals surface area contributed by atoms with Crippen molar-refractivity contribution in [1.29, 1.82) is 0 Å². The summed E-state index contributed by atoms with van der Waals surface area (Å²) in [4.78, 5) is 14.2. The number of nitrogens with zero attached hydrogens (tertiary/aromatic N) is 2. The fourth-order valence-corrected chi connectivity index (χ4v) is 3.91. The molecule has 0 bridgehead atoms. The van der Waals surface area contributed by atoms with E-state index in [9.17, 15) is 9.00 Å². The molecule has 1 saturated heterocycles. The Morgan fingerprint density at radius 2 is 2.00 bits per heavy atom. The molecular formula is C11H19N3O3S. The second-order valence-corrected chi connectivity index (χ2v) is 6.92. The Morgan fingerprint density at radius 1 is 1.44 bits per heavy atom. The summed E-state index contributed by atoms with van der Waals surface area (Å²) in [5.41, 5.74) is 4.88. The van der Waals surface area contributed by atoms with Gasteiger partial charge in [0.1, 0.15) is 5.41 Å². The lowest BCUT2D eigenvalue weighted by atomic mass is 9.61. The molecule has 1 saturated carbocycles. The van der Waals surface area contributed by atoms with E-state index in [1.54, 1.807) is 4.90 Å². The molecule has 1 heterocycles. The highest BCUT2D eigenvalue weighted by molar-refractivity contribution is 7.85. The number of oxime groups is 1. The smallest absolute Gasteiger partial charge is 0.236 e. The van der Waals surface area contributed by atoms with Gasteiger partial charge in [-0.3, -0.25) is 9.00 Å². The zero-order valence-corrected chi connectivity index (χ0v) is 11.3. The molecule has 7 heteroatoms. The first-order valence-electron chi connectivity index (χ1n) is 6.12. The zero-order valence-electron chi connectivity index (χ0n) is 10.5. The van der Waals surface area contributed by atoms with Gasteiger partial charge >= 0.3 is 0 Å². The van der Waals surface area contributed by atoms with Gasteiger partial charge in [-0.25, -0.2) is 0 Å². The molecule has 2 fully saturated rings. The van der Waals surface area contributed by atoms with Gasteiger partial charge in [0.25, 0.3) is 0 Å². The summed E-state index contributed by atoms with van der Waals surface area (Å²) in [6, 6.07) is 0. The lowest BCUT2D eigenvalue weighted by Gasteiger charge is -2.46. The average molecular weight is 273 g/mol. The molecule has 1 aliphatic heterocycles. The number of amides is 1. The van der Waals surface area contributed by atoms with Crippen molar-refractivity contribution in [2.24, 2.45) is 22.2 Å². The Morgan fingerprint density at radius 3 is 2.44 bits per heavy atom. The van der Waals surface area contributed by atoms with Crippen molar-refractivity contribution in [2.75, 3.05) is 24.6 Å². The summed E-state index contributed by atoms with van der Waals surface area (Å²) in [6.07, 6.45) is 1.25. The predicted molar refractivity (Wildman–Crippen MR) is 68.7 cm³/mol. The molecule has 102 valence electrons. The molecule has 2 aliphatic rings. The van der Waals surface area contributed by atoms with Crippen LogP contribution in [0.4, 0.5) is 0 Å². The number of carbonyl (C=O) groups excluding carboxylic acids is 1. The van der Waals surface area contributed by atoms with Crippen LogP contribution in [0.2, 0.25) is 0 Å². The summed E-state index contributed by atoms with van der Waals surface area (Å²) in [5.74, 6) is 1.39. The third-order valence-corrected chi connectivity index (χ3v) is 5.14. The summed E-state index contributed by atoms with van der Waals surface area (Å²) in [5, 5.41) is 11.9. The standard InChI is InChI=1S/C11H19N3O3S/c1-8-6-11(7-8,9(12)13-16)10(15)14-2-4-18(17)5-3-14/h8,16H,2-7H2,1H3,(H2,12,13). The molecule has 0 spiro atoms. The van der Waals surface area contributed by atoms with Crippen LogP contribution in [0.15, 0.2) is 5.16 Å². The van der Waals surface area contributed by atoms with Gasteiger partial charge < -0.3 is 15.8 Å². The molecule has 0 unspecified atom stereocenters. The summed E-state index contributed by atoms with van der Waals surface area (Å²) >= 11 is 0. The maximum Gasteiger partial charge on any atom is 0.236 e. The van der Waals surface area contributed by atoms with E-state index in [0.29, 0.717) is 43.4 Å². The van der Waals surface area contributed by atoms with Crippen LogP contribution >= 0.6 is 0 Å². The van der Waals surface area contributed by atoms with Crippen molar-refractivity contribution in [2.45, 2.75) is 19.8 Å². The second-order valence-electron chi connectivity index (χ2n) is 5.22. The van der Waals surface area contributed by atoms with Crippen LogP contribution in [0.25, 0.3) is 0 Å². The molecule has 1 aliphatic carbocycles. The topological polar surface area (TPSA) is 96.0 Å². The van der Waals surface area contributed by atoms with Crippen LogP contribution in [0, 0.1) is 11.3 Å². The van der Waals surface area contributed by atoms with Crippen molar-refractivity contribution in [3.63, 3.8) is 0 Å². The van der Waals surface area contributed by atoms with Crippen LogP contribution in [0.3, 0.4) is 0 Å². The minimum atomic E-state index is -0.826. The first-order valence-corrected chi connectivity index (χ1v) is 7.61. The highest BCUT2D eigenvalue weighted by Crippen LogP contribution is 2.47. The van der Waals surface area contributed by atoms with Gasteiger partial charge in [0.15, 0.2) is 5.84 Å². The van der Waals surface area contributed by atoms with Crippen LogP contribution in [0.5, 0.6) is 0 Å². The monoisotopic (exact) mass is 273 g/mol. The normalized spacial score (nSPS) is 34.2. The summed E-state index contributed by atoms with van der Waals surface area (Å²) in [6.45, 7) is 3.04. The van der Waals surface area contributed by atoms with E-state index in [0.717, 1.165) is 0 Å². The highest BCUT2D eigenvalue weighted by atomic mass is 32.2. The lowest BCUT2D eigenvalue weighted by Crippen LogP contribution is -2.59. The molecule has 6 nitrogen and oxygen atoms in total. The molecule has 0 atom stereocenters. The van der Waals surface area contributed by atoms with E-state index >= 15 is 0 Å². The van der Waals surface area contributed by atoms with Gasteiger partial charge in [-0.05, 0) is 18.8 Å². The number of amidine groups is 1. The SMILES string of the molecule is CC1CC(C(=O)N2CCS(=O)CC2)(C(N)=NO)C1. The Labute approximate surface area is 109 Å². The number of hydrogen-bond acceptors (Lipinski definition) is 4. The third kappa shape index (κ3) is 2.11. The quantitative estimate of drug-likeness (QED) is 0.313. The van der Waals surface area contributed by atoms with Gasteiger partial charge in [0.2, 0.25) is 5.91 Å². The van der Waals surface area contributed by atoms with Crippen LogP contribution < -0.4 is 5.73 Å². The number of rotatable bonds is 2. The van der Waals surface area contributed by atoms with Gasteiger partial charge in [-0.2, -0.15) is 0 Å². The first-order chi connectivity index (χ1) is 8.49. The molecule has 0 aromatic carbocycles. The second kappa shape index (κ2) is 4.87. The van der Waals surface area contributed by atoms with E-state index in [4.69, 9.17) is 10.9 Å². The molecule has 1 amide bonds. The van der Waals surface area contributed by atoms with Crippen molar-refractivity contribution < 1.29 is 14.2 Å². The lowest BCUT2D eigenvalue weighted by molar-refractivity contribution is -0.144. The number of nitrogens with two attached hydrogens (primary N) is 1. The van der Waals surface area contributed by atoms with E-state index < -0.39 is 16.2 Å². The van der Waals surface area contributed by atoms with Crippen molar-refractivity contribution >= 4 is 22.5 Å². The Balaban J connectivity index is 2.13. The molecule has 2 rings (SSSR count). The molecule has 0 radical (unpaired) electrons. The van der Waals surface area contributed by atoms with E-state index in [2.05, 4.69) is 5.16 Å². The maximum absolute atomic E-state index is 12.5. The van der Waals surface area contributed by atoms with Gasteiger partial charge in [0.05, 0.1) is 0 Å². The minimum Gasteiger partial charge on any atom is -0.409 e. The van der Waals surface area contributed by atoms with E-state index in [1.165, 1.54) is 0 Å². The largest absolute Gasteiger partial charge is 0.409 e. The van der Waals surface area contributed by atoms with Gasteiger partial charge in [-0.15, -0.1) is 0 Å². The Hall–Kier alpha value is -1.11. The van der Waals surface area contributed by atoms with E-state index in [1.807, 2.05) is 6.92 Å². The van der Waals surface area contributed by atoms with Crippen LogP contribution in [0.1, 0.15) is 19.8 Å². The zero-order chi connectivity index (χ0) is 13.3. The van der Waals surface area contributed by atoms with Crippen molar-refractivity contribution in [3.05, 3.63) is 0 Å². The third-order valence-electron chi connectivity index (χ3n) is 3.87. The maximum atomic E-state index is 12.5. The Kier molecular flexibility index (Phi) is 3.61. The number of hydrogen-bond donors (Lipinski definition) is 2. The van der Waals surface area contributed by atoms with Gasteiger partial charge in [-0.1, -0.05) is 12.1 Å². The predicted octanol–water partition coefficient (Wildman–Crippen LogP) is -0.260. The summed E-state index contributed by atoms with van der Waals surface area (Å²) < 4.78 is 11.3. The molecule has 18 heavy (non-hydrogen) atoms. The van der Waals surface area contributed by atoms with E-state index in [-0.39, 0.29) is 11.7 Å². The first kappa shape index (κ1) is 13.3. The van der Waals surface area contributed by atoms with Crippen LogP contribution in [-0.4, -0.2) is 50.7 Å². The van der Waals surface area contributed by atoms with Crippen molar-refractivity contribution in [3.8, 4) is 0 Å². The molecule has 0 aromatic rings. The van der Waals surface area contributed by atoms with Gasteiger partial charge in [0, 0.05) is 35.4 Å². The molecule has 3 N–H and O–H groups in total. The molecule has 0 aromatic heterocycles. The average Bonchev–Trinajstić information content (AvgIpc) is 2.34. The minimum absolute atomic E-state index is 0.0114. The highest BCUT2D eigenvalue weighted by Gasteiger charge is 2.53. The fraction of sp³-hybridized carbons (Fsp3) is 0.818.